The molecule has 0 saturated carbocycles. The van der Waals surface area contributed by atoms with Crippen LogP contribution >= 0.6 is 0 Å². The average molecular weight is 483 g/mol. The van der Waals surface area contributed by atoms with E-state index in [0.29, 0.717) is 5.96 Å². The largest absolute Gasteiger partial charge is 0.357 e. The zero-order valence-corrected chi connectivity index (χ0v) is 23.3. The minimum atomic E-state index is 0.0169. The molecule has 0 aromatic rings. The van der Waals surface area contributed by atoms with Crippen LogP contribution in [0.5, 0.6) is 0 Å². The summed E-state index contributed by atoms with van der Waals surface area (Å²) in [4.78, 5) is 12.2. The minimum Gasteiger partial charge on any atom is -0.357 e. The Labute approximate surface area is 209 Å². The summed E-state index contributed by atoms with van der Waals surface area (Å²) in [6.45, 7) is 1.66. The molecule has 0 spiro atoms. The first-order valence-electron chi connectivity index (χ1n) is 12.7. The Hall–Kier alpha value is -2.07. The zero-order valence-electron chi connectivity index (χ0n) is 23.3. The number of nitrogens with one attached hydrogen (secondary N) is 5. The lowest BCUT2D eigenvalue weighted by atomic mass is 10.1. The second kappa shape index (κ2) is 19.3. The Morgan fingerprint density at radius 1 is 0.618 bits per heavy atom. The fourth-order valence-electron chi connectivity index (χ4n) is 3.72. The third-order valence-corrected chi connectivity index (χ3v) is 5.46. The molecule has 0 heterocycles. The lowest BCUT2D eigenvalue weighted by molar-refractivity contribution is 0.114. The van der Waals surface area contributed by atoms with Gasteiger partial charge in [-0.3, -0.25) is 20.6 Å². The van der Waals surface area contributed by atoms with Gasteiger partial charge in [-0.1, -0.05) is 51.4 Å². The maximum atomic E-state index is 8.04. The predicted molar refractivity (Wildman–Crippen MR) is 147 cm³/mol. The highest BCUT2D eigenvalue weighted by atomic mass is 15.4. The summed E-state index contributed by atoms with van der Waals surface area (Å²) in [6.07, 6.45) is 12.4. The smallest absolute Gasteiger partial charge is 0.218 e. The molecule has 0 aliphatic carbocycles. The van der Waals surface area contributed by atoms with Crippen molar-refractivity contribution in [3.05, 3.63) is 0 Å². The van der Waals surface area contributed by atoms with Crippen LogP contribution in [0.25, 0.3) is 0 Å². The third kappa shape index (κ3) is 16.5. The highest BCUT2D eigenvalue weighted by molar-refractivity contribution is 5.93. The van der Waals surface area contributed by atoms with E-state index in [0.717, 1.165) is 31.9 Å². The fraction of sp³-hybridized carbons (Fsp3) is 0.875. The molecule has 5 N–H and O–H groups in total. The normalized spacial score (nSPS) is 11.0. The Bertz CT molecular complexity index is 554. The van der Waals surface area contributed by atoms with Crippen molar-refractivity contribution in [1.29, 1.82) is 10.8 Å². The molecule has 0 amide bonds. The van der Waals surface area contributed by atoms with Crippen molar-refractivity contribution in [1.82, 2.24) is 35.6 Å². The van der Waals surface area contributed by atoms with Gasteiger partial charge in [0.1, 0.15) is 6.29 Å². The highest BCUT2D eigenvalue weighted by Gasteiger charge is 2.14. The third-order valence-electron chi connectivity index (χ3n) is 5.46. The van der Waals surface area contributed by atoms with E-state index in [4.69, 9.17) is 10.8 Å². The molecule has 0 saturated heterocycles. The molecule has 200 valence electrons. The molecule has 0 fully saturated rings. The van der Waals surface area contributed by atoms with E-state index in [1.165, 1.54) is 51.4 Å². The number of rotatable bonds is 16. The summed E-state index contributed by atoms with van der Waals surface area (Å²) in [6, 6.07) is 0. The van der Waals surface area contributed by atoms with E-state index in [-0.39, 0.29) is 12.2 Å². The Kier molecular flexibility index (Phi) is 18.1. The minimum absolute atomic E-state index is 0.0169. The highest BCUT2D eigenvalue weighted by Crippen LogP contribution is 2.10. The average Bonchev–Trinajstić information content (AvgIpc) is 2.75. The Morgan fingerprint density at radius 3 is 1.38 bits per heavy atom. The lowest BCUT2D eigenvalue weighted by Gasteiger charge is -2.31. The van der Waals surface area contributed by atoms with Crippen LogP contribution < -0.4 is 16.0 Å². The van der Waals surface area contributed by atoms with E-state index >= 15 is 0 Å². The second-order valence-electron chi connectivity index (χ2n) is 9.76. The van der Waals surface area contributed by atoms with Gasteiger partial charge >= 0.3 is 0 Å². The van der Waals surface area contributed by atoms with E-state index in [2.05, 4.69) is 20.9 Å². The molecule has 34 heavy (non-hydrogen) atoms. The summed E-state index contributed by atoms with van der Waals surface area (Å²) in [7, 11) is 15.7. The molecule has 0 bridgehead atoms. The van der Waals surface area contributed by atoms with Crippen LogP contribution in [0.4, 0.5) is 0 Å². The molecule has 10 nitrogen and oxygen atoms in total. The molecule has 0 radical (unpaired) electrons. The van der Waals surface area contributed by atoms with Gasteiger partial charge in [0, 0.05) is 41.3 Å². The first-order valence-corrected chi connectivity index (χ1v) is 12.7. The van der Waals surface area contributed by atoms with Crippen molar-refractivity contribution in [3.63, 3.8) is 0 Å². The van der Waals surface area contributed by atoms with Crippen LogP contribution in [0.1, 0.15) is 64.2 Å². The first-order chi connectivity index (χ1) is 16.1. The quantitative estimate of drug-likeness (QED) is 0.0995. The van der Waals surface area contributed by atoms with Gasteiger partial charge in [0.05, 0.1) is 0 Å². The van der Waals surface area contributed by atoms with Crippen LogP contribution in [0.2, 0.25) is 0 Å². The van der Waals surface area contributed by atoms with Gasteiger partial charge in [0.15, 0.2) is 5.96 Å². The van der Waals surface area contributed by atoms with Crippen LogP contribution in [0.3, 0.4) is 0 Å². The monoisotopic (exact) mass is 482 g/mol. The zero-order chi connectivity index (χ0) is 25.9. The summed E-state index contributed by atoms with van der Waals surface area (Å²) in [5.74, 6) is 1.38. The molecule has 0 aromatic heterocycles. The van der Waals surface area contributed by atoms with Gasteiger partial charge in [-0.2, -0.15) is 4.99 Å². The van der Waals surface area contributed by atoms with Crippen molar-refractivity contribution >= 4 is 17.9 Å². The van der Waals surface area contributed by atoms with Crippen LogP contribution in [-0.2, 0) is 0 Å². The van der Waals surface area contributed by atoms with E-state index in [9.17, 15) is 0 Å². The maximum absolute atomic E-state index is 8.04. The number of aliphatic imine (C=N–C) groups is 1. The Balaban J connectivity index is 3.57. The van der Waals surface area contributed by atoms with Crippen molar-refractivity contribution in [2.75, 3.05) is 69.5 Å². The number of nitrogens with zero attached hydrogens (tertiary/aromatic N) is 5. The van der Waals surface area contributed by atoms with Gasteiger partial charge in [0.2, 0.25) is 11.9 Å². The van der Waals surface area contributed by atoms with Crippen LogP contribution in [0, 0.1) is 10.8 Å². The van der Waals surface area contributed by atoms with E-state index < -0.39 is 0 Å². The molecule has 10 heteroatoms. The Morgan fingerprint density at radius 2 is 1.00 bits per heavy atom. The first kappa shape index (κ1) is 31.9. The summed E-state index contributed by atoms with van der Waals surface area (Å²) in [5.41, 5.74) is 0. The van der Waals surface area contributed by atoms with Crippen LogP contribution in [-0.4, -0.2) is 113 Å². The SMILES string of the molecule is CN(C)C(=NC(=N)NCCCCCCCCCCCCNC(=N)NC(N(C)C)N(C)C)N(C)C. The van der Waals surface area contributed by atoms with Gasteiger partial charge in [-0.25, -0.2) is 0 Å². The van der Waals surface area contributed by atoms with E-state index in [1.807, 2.05) is 76.0 Å². The molecular formula is C24H54N10. The van der Waals surface area contributed by atoms with Gasteiger partial charge in [-0.15, -0.1) is 0 Å². The fourth-order valence-corrected chi connectivity index (χ4v) is 3.72. The van der Waals surface area contributed by atoms with Crippen molar-refractivity contribution in [2.24, 2.45) is 4.99 Å². The predicted octanol–water partition coefficient (Wildman–Crippen LogP) is 2.41. The molecular weight excluding hydrogens is 428 g/mol. The molecule has 0 aromatic carbocycles. The maximum Gasteiger partial charge on any atom is 0.218 e. The van der Waals surface area contributed by atoms with Crippen LogP contribution in [0.15, 0.2) is 4.99 Å². The number of unbranched alkanes of at least 4 members (excludes halogenated alkanes) is 9. The number of guanidine groups is 3. The van der Waals surface area contributed by atoms with E-state index in [1.54, 1.807) is 0 Å². The molecule has 0 aliphatic heterocycles. The summed E-state index contributed by atoms with van der Waals surface area (Å²) in [5, 5.41) is 25.5. The number of hydrogen-bond donors (Lipinski definition) is 5. The van der Waals surface area contributed by atoms with Gasteiger partial charge in [-0.05, 0) is 41.0 Å². The lowest BCUT2D eigenvalue weighted by Crippen LogP contribution is -2.56. The van der Waals surface area contributed by atoms with Crippen molar-refractivity contribution in [2.45, 2.75) is 70.5 Å². The van der Waals surface area contributed by atoms with Gasteiger partial charge < -0.3 is 25.8 Å². The molecule has 0 rings (SSSR count). The molecule has 0 unspecified atom stereocenters. The second-order valence-corrected chi connectivity index (χ2v) is 9.76. The van der Waals surface area contributed by atoms with Crippen molar-refractivity contribution < 1.29 is 0 Å². The van der Waals surface area contributed by atoms with Crippen molar-refractivity contribution in [3.8, 4) is 0 Å². The molecule has 0 aliphatic rings. The summed E-state index contributed by atoms with van der Waals surface area (Å²) < 4.78 is 0. The topological polar surface area (TPSA) is 109 Å². The standard InChI is InChI=1S/C24H54N10/c1-31(2)23(32(3)4)29-21(25)27-19-17-15-13-11-9-10-12-14-16-18-20-28-22(26)30-24(33(5)6)34(7)8/h23H,9-20H2,1-8H3,(H2,26,28)(H3,25,27,29). The molecule has 0 atom stereocenters. The number of hydrogen-bond acceptors (Lipinski definition) is 4. The summed E-state index contributed by atoms with van der Waals surface area (Å²) >= 11 is 0. The van der Waals surface area contributed by atoms with Gasteiger partial charge in [0.25, 0.3) is 0 Å².